The molecule has 4 rings (SSSR count). The van der Waals surface area contributed by atoms with Gasteiger partial charge in [-0.1, -0.05) is 18.2 Å². The fourth-order valence-electron chi connectivity index (χ4n) is 4.03. The van der Waals surface area contributed by atoms with Gasteiger partial charge in [0, 0.05) is 40.9 Å². The number of hydrogen-bond donors (Lipinski definition) is 1. The number of rotatable bonds is 7. The van der Waals surface area contributed by atoms with Crippen molar-refractivity contribution in [2.75, 3.05) is 31.6 Å². The standard InChI is InChI=1S/C24H28IN3O/c1-2-29-17-23-4-3-11-28(23)16-18-5-9-22(10-6-18)27-15-20-14-26-13-19-7-8-21(25)12-24(19)20/h5-10,12-13,15,23,27H,2-4,11,14,16-17H2,1H3. The molecule has 0 spiro atoms. The van der Waals surface area contributed by atoms with Crippen LogP contribution in [0.3, 0.4) is 0 Å². The summed E-state index contributed by atoms with van der Waals surface area (Å²) in [6.45, 7) is 6.61. The van der Waals surface area contributed by atoms with E-state index in [2.05, 4.69) is 93.4 Å². The molecule has 2 aromatic rings. The van der Waals surface area contributed by atoms with E-state index in [0.717, 1.165) is 25.4 Å². The van der Waals surface area contributed by atoms with Crippen LogP contribution in [0.5, 0.6) is 0 Å². The summed E-state index contributed by atoms with van der Waals surface area (Å²) in [5, 5.41) is 3.46. The summed E-state index contributed by atoms with van der Waals surface area (Å²) < 4.78 is 6.90. The van der Waals surface area contributed by atoms with Gasteiger partial charge in [-0.05, 0) is 95.4 Å². The van der Waals surface area contributed by atoms with Crippen LogP contribution in [0, 0.1) is 3.57 Å². The molecule has 0 saturated carbocycles. The van der Waals surface area contributed by atoms with Gasteiger partial charge in [0.25, 0.3) is 0 Å². The van der Waals surface area contributed by atoms with Crippen molar-refractivity contribution in [1.29, 1.82) is 0 Å². The third kappa shape index (κ3) is 5.27. The van der Waals surface area contributed by atoms with E-state index in [1.165, 1.54) is 45.2 Å². The molecule has 4 nitrogen and oxygen atoms in total. The lowest BCUT2D eigenvalue weighted by atomic mass is 9.99. The van der Waals surface area contributed by atoms with Crippen molar-refractivity contribution < 1.29 is 4.74 Å². The lowest BCUT2D eigenvalue weighted by Gasteiger charge is -2.24. The van der Waals surface area contributed by atoms with E-state index in [1.54, 1.807) is 0 Å². The SMILES string of the molecule is CCOCC1CCCN1Cc1ccc(NC=C2CN=Cc3ccc(I)cc32)cc1. The Morgan fingerprint density at radius 2 is 2.10 bits per heavy atom. The van der Waals surface area contributed by atoms with E-state index in [4.69, 9.17) is 4.74 Å². The number of benzene rings is 2. The summed E-state index contributed by atoms with van der Waals surface area (Å²) in [4.78, 5) is 7.04. The highest BCUT2D eigenvalue weighted by Gasteiger charge is 2.24. The van der Waals surface area contributed by atoms with E-state index in [-0.39, 0.29) is 0 Å². The Hall–Kier alpha value is -1.70. The summed E-state index contributed by atoms with van der Waals surface area (Å²) in [6, 6.07) is 15.8. The summed E-state index contributed by atoms with van der Waals surface area (Å²) in [5.74, 6) is 0. The molecule has 1 saturated heterocycles. The van der Waals surface area contributed by atoms with Crippen molar-refractivity contribution in [3.63, 3.8) is 0 Å². The zero-order valence-corrected chi connectivity index (χ0v) is 19.1. The Morgan fingerprint density at radius 3 is 2.93 bits per heavy atom. The van der Waals surface area contributed by atoms with Gasteiger partial charge in [-0.15, -0.1) is 0 Å². The third-order valence-corrected chi connectivity index (χ3v) is 6.29. The molecule has 1 N–H and O–H groups in total. The van der Waals surface area contributed by atoms with Crippen molar-refractivity contribution in [3.05, 3.63) is 68.9 Å². The molecule has 29 heavy (non-hydrogen) atoms. The van der Waals surface area contributed by atoms with Gasteiger partial charge in [-0.25, -0.2) is 0 Å². The number of ether oxygens (including phenoxy) is 1. The normalized spacial score (nSPS) is 20.2. The van der Waals surface area contributed by atoms with E-state index < -0.39 is 0 Å². The summed E-state index contributed by atoms with van der Waals surface area (Å²) in [5.41, 5.74) is 6.14. The molecule has 0 bridgehead atoms. The molecule has 2 aliphatic heterocycles. The first kappa shape index (κ1) is 20.6. The lowest BCUT2D eigenvalue weighted by molar-refractivity contribution is 0.0824. The Kier molecular flexibility index (Phi) is 7.00. The van der Waals surface area contributed by atoms with Gasteiger partial charge in [-0.3, -0.25) is 9.89 Å². The predicted molar refractivity (Wildman–Crippen MR) is 130 cm³/mol. The summed E-state index contributed by atoms with van der Waals surface area (Å²) >= 11 is 2.36. The van der Waals surface area contributed by atoms with Gasteiger partial charge in [0.15, 0.2) is 0 Å². The Bertz CT molecular complexity index is 891. The summed E-state index contributed by atoms with van der Waals surface area (Å²) in [6.07, 6.45) is 6.58. The monoisotopic (exact) mass is 501 g/mol. The van der Waals surface area contributed by atoms with E-state index >= 15 is 0 Å². The van der Waals surface area contributed by atoms with Crippen LogP contribution in [0.2, 0.25) is 0 Å². The first-order valence-electron chi connectivity index (χ1n) is 10.4. The molecular weight excluding hydrogens is 473 g/mol. The number of nitrogens with zero attached hydrogens (tertiary/aromatic N) is 2. The highest BCUT2D eigenvalue weighted by atomic mass is 127. The first-order chi connectivity index (χ1) is 14.2. The second-order valence-electron chi connectivity index (χ2n) is 7.64. The Morgan fingerprint density at radius 1 is 1.24 bits per heavy atom. The predicted octanol–water partition coefficient (Wildman–Crippen LogP) is 5.18. The number of nitrogens with one attached hydrogen (secondary N) is 1. The van der Waals surface area contributed by atoms with Crippen LogP contribution in [0.4, 0.5) is 5.69 Å². The minimum atomic E-state index is 0.562. The quantitative estimate of drug-likeness (QED) is 0.532. The van der Waals surface area contributed by atoms with Crippen LogP contribution in [-0.2, 0) is 11.3 Å². The number of likely N-dealkylation sites (tertiary alicyclic amines) is 1. The van der Waals surface area contributed by atoms with E-state index in [1.807, 2.05) is 6.21 Å². The third-order valence-electron chi connectivity index (χ3n) is 5.62. The molecule has 2 heterocycles. The molecule has 0 radical (unpaired) electrons. The van der Waals surface area contributed by atoms with Crippen LogP contribution in [0.1, 0.15) is 36.5 Å². The van der Waals surface area contributed by atoms with Crippen LogP contribution in [0.15, 0.2) is 53.7 Å². The molecular formula is C24H28IN3O. The van der Waals surface area contributed by atoms with Gasteiger partial charge in [0.2, 0.25) is 0 Å². The highest BCUT2D eigenvalue weighted by Crippen LogP contribution is 2.25. The average molecular weight is 501 g/mol. The van der Waals surface area contributed by atoms with E-state index in [0.29, 0.717) is 12.6 Å². The van der Waals surface area contributed by atoms with Gasteiger partial charge < -0.3 is 10.1 Å². The van der Waals surface area contributed by atoms with Crippen molar-refractivity contribution in [3.8, 4) is 0 Å². The van der Waals surface area contributed by atoms with Crippen LogP contribution < -0.4 is 5.32 Å². The van der Waals surface area contributed by atoms with E-state index in [9.17, 15) is 0 Å². The molecule has 0 aliphatic carbocycles. The first-order valence-corrected chi connectivity index (χ1v) is 11.5. The maximum absolute atomic E-state index is 5.66. The minimum absolute atomic E-state index is 0.562. The second-order valence-corrected chi connectivity index (χ2v) is 8.88. The number of aliphatic imine (C=N–C) groups is 1. The Labute approximate surface area is 187 Å². The van der Waals surface area contributed by atoms with Crippen molar-refractivity contribution in [2.24, 2.45) is 4.99 Å². The lowest BCUT2D eigenvalue weighted by Crippen LogP contribution is -2.32. The smallest absolute Gasteiger partial charge is 0.0660 e. The fourth-order valence-corrected chi connectivity index (χ4v) is 4.52. The van der Waals surface area contributed by atoms with Crippen LogP contribution in [0.25, 0.3) is 5.57 Å². The van der Waals surface area contributed by atoms with Gasteiger partial charge >= 0.3 is 0 Å². The minimum Gasteiger partial charge on any atom is -0.380 e. The van der Waals surface area contributed by atoms with Gasteiger partial charge in [0.05, 0.1) is 13.2 Å². The second kappa shape index (κ2) is 9.87. The molecule has 1 atom stereocenters. The molecule has 2 aromatic carbocycles. The van der Waals surface area contributed by atoms with Gasteiger partial charge in [0.1, 0.15) is 0 Å². The number of fused-ring (bicyclic) bond motifs is 1. The molecule has 1 fully saturated rings. The van der Waals surface area contributed by atoms with Crippen LogP contribution in [-0.4, -0.2) is 43.5 Å². The Balaban J connectivity index is 1.39. The molecule has 5 heteroatoms. The summed E-state index contributed by atoms with van der Waals surface area (Å²) in [7, 11) is 0. The van der Waals surface area contributed by atoms with Crippen molar-refractivity contribution in [1.82, 2.24) is 4.90 Å². The zero-order valence-electron chi connectivity index (χ0n) is 16.9. The fraction of sp³-hybridized carbons (Fsp3) is 0.375. The van der Waals surface area contributed by atoms with Crippen LogP contribution >= 0.6 is 22.6 Å². The number of anilines is 1. The average Bonchev–Trinajstić information content (AvgIpc) is 3.18. The molecule has 0 aromatic heterocycles. The van der Waals surface area contributed by atoms with Gasteiger partial charge in [-0.2, -0.15) is 0 Å². The maximum Gasteiger partial charge on any atom is 0.0660 e. The highest BCUT2D eigenvalue weighted by molar-refractivity contribution is 14.1. The molecule has 2 aliphatic rings. The maximum atomic E-state index is 5.66. The van der Waals surface area contributed by atoms with Crippen molar-refractivity contribution >= 4 is 40.1 Å². The molecule has 1 unspecified atom stereocenters. The van der Waals surface area contributed by atoms with Crippen molar-refractivity contribution in [2.45, 2.75) is 32.4 Å². The molecule has 152 valence electrons. The zero-order chi connectivity index (χ0) is 20.1. The topological polar surface area (TPSA) is 36.9 Å². The molecule has 0 amide bonds. The number of halogens is 1. The number of hydrogen-bond acceptors (Lipinski definition) is 4. The largest absolute Gasteiger partial charge is 0.380 e.